The number of halogens is 1. The molecule has 1 aromatic carbocycles. The van der Waals surface area contributed by atoms with Crippen LogP contribution in [0.2, 0.25) is 5.02 Å². The van der Waals surface area contributed by atoms with E-state index in [2.05, 4.69) is 10.2 Å². The number of benzene rings is 1. The van der Waals surface area contributed by atoms with E-state index < -0.39 is 0 Å². The second-order valence-electron chi connectivity index (χ2n) is 3.96. The van der Waals surface area contributed by atoms with Gasteiger partial charge in [0.15, 0.2) is 0 Å². The van der Waals surface area contributed by atoms with Crippen molar-refractivity contribution in [3.05, 3.63) is 29.3 Å². The molecule has 1 saturated heterocycles. The van der Waals surface area contributed by atoms with Gasteiger partial charge in [-0.25, -0.2) is 0 Å². The molecule has 0 bridgehead atoms. The number of hydrogen-bond donors (Lipinski definition) is 1. The molecule has 0 amide bonds. The molecule has 3 heteroatoms. The van der Waals surface area contributed by atoms with Crippen molar-refractivity contribution >= 4 is 17.3 Å². The fraction of sp³-hybridized carbons (Fsp3) is 0.500. The van der Waals surface area contributed by atoms with E-state index in [0.29, 0.717) is 0 Å². The number of anilines is 1. The molecule has 0 spiro atoms. The molecule has 0 aliphatic carbocycles. The van der Waals surface area contributed by atoms with Gasteiger partial charge in [0.1, 0.15) is 0 Å². The van der Waals surface area contributed by atoms with Gasteiger partial charge in [0.2, 0.25) is 0 Å². The lowest BCUT2D eigenvalue weighted by Gasteiger charge is -2.15. The Labute approximate surface area is 96.2 Å². The number of para-hydroxylation sites is 1. The highest BCUT2D eigenvalue weighted by Gasteiger charge is 2.10. The SMILES string of the molecule is Clc1ccccc1NCCN1CCCC1. The third-order valence-electron chi connectivity index (χ3n) is 2.82. The van der Waals surface area contributed by atoms with E-state index in [1.165, 1.54) is 25.9 Å². The van der Waals surface area contributed by atoms with Gasteiger partial charge >= 0.3 is 0 Å². The van der Waals surface area contributed by atoms with Gasteiger partial charge in [-0.15, -0.1) is 0 Å². The predicted octanol–water partition coefficient (Wildman–Crippen LogP) is 2.85. The van der Waals surface area contributed by atoms with E-state index in [1.807, 2.05) is 24.3 Å². The Morgan fingerprint density at radius 3 is 2.67 bits per heavy atom. The van der Waals surface area contributed by atoms with Crippen LogP contribution in [-0.4, -0.2) is 31.1 Å². The molecule has 1 fully saturated rings. The summed E-state index contributed by atoms with van der Waals surface area (Å²) in [4.78, 5) is 2.49. The molecule has 0 aromatic heterocycles. The molecule has 1 heterocycles. The first-order chi connectivity index (χ1) is 7.36. The van der Waals surface area contributed by atoms with Crippen LogP contribution in [0.15, 0.2) is 24.3 Å². The molecule has 0 radical (unpaired) electrons. The van der Waals surface area contributed by atoms with Crippen LogP contribution in [-0.2, 0) is 0 Å². The molecule has 1 aliphatic rings. The molecule has 2 rings (SSSR count). The Morgan fingerprint density at radius 2 is 1.93 bits per heavy atom. The van der Waals surface area contributed by atoms with Gasteiger partial charge in [-0.1, -0.05) is 23.7 Å². The predicted molar refractivity (Wildman–Crippen MR) is 65.6 cm³/mol. The van der Waals surface area contributed by atoms with Crippen LogP contribution < -0.4 is 5.32 Å². The van der Waals surface area contributed by atoms with Crippen molar-refractivity contribution in [2.75, 3.05) is 31.5 Å². The first-order valence-corrected chi connectivity index (χ1v) is 5.95. The fourth-order valence-corrected chi connectivity index (χ4v) is 2.16. The summed E-state index contributed by atoms with van der Waals surface area (Å²) in [5.74, 6) is 0. The second kappa shape index (κ2) is 5.38. The minimum atomic E-state index is 0.805. The lowest BCUT2D eigenvalue weighted by Crippen LogP contribution is -2.25. The zero-order valence-corrected chi connectivity index (χ0v) is 9.63. The van der Waals surface area contributed by atoms with E-state index in [9.17, 15) is 0 Å². The minimum absolute atomic E-state index is 0.805. The molecule has 1 N–H and O–H groups in total. The third-order valence-corrected chi connectivity index (χ3v) is 3.15. The van der Waals surface area contributed by atoms with Crippen molar-refractivity contribution in [2.45, 2.75) is 12.8 Å². The second-order valence-corrected chi connectivity index (χ2v) is 4.36. The van der Waals surface area contributed by atoms with E-state index >= 15 is 0 Å². The van der Waals surface area contributed by atoms with Crippen molar-refractivity contribution in [3.8, 4) is 0 Å². The van der Waals surface area contributed by atoms with Crippen LogP contribution in [0.4, 0.5) is 5.69 Å². The molecule has 0 unspecified atom stereocenters. The van der Waals surface area contributed by atoms with Crippen molar-refractivity contribution in [1.29, 1.82) is 0 Å². The monoisotopic (exact) mass is 224 g/mol. The Bertz CT molecular complexity index is 308. The highest BCUT2D eigenvalue weighted by atomic mass is 35.5. The zero-order chi connectivity index (χ0) is 10.5. The molecule has 82 valence electrons. The van der Waals surface area contributed by atoms with Gasteiger partial charge in [-0.05, 0) is 38.1 Å². The molecule has 1 aliphatic heterocycles. The molecule has 0 saturated carbocycles. The topological polar surface area (TPSA) is 15.3 Å². The maximum atomic E-state index is 6.04. The summed E-state index contributed by atoms with van der Waals surface area (Å²) in [6.45, 7) is 4.60. The molecule has 1 aromatic rings. The number of likely N-dealkylation sites (tertiary alicyclic amines) is 1. The average Bonchev–Trinajstić information content (AvgIpc) is 2.74. The average molecular weight is 225 g/mol. The van der Waals surface area contributed by atoms with Crippen LogP contribution >= 0.6 is 11.6 Å². The Hall–Kier alpha value is -0.730. The normalized spacial score (nSPS) is 16.9. The lowest BCUT2D eigenvalue weighted by atomic mass is 10.3. The highest BCUT2D eigenvalue weighted by Crippen LogP contribution is 2.20. The lowest BCUT2D eigenvalue weighted by molar-refractivity contribution is 0.352. The van der Waals surface area contributed by atoms with Gasteiger partial charge in [-0.2, -0.15) is 0 Å². The Morgan fingerprint density at radius 1 is 1.20 bits per heavy atom. The summed E-state index contributed by atoms with van der Waals surface area (Å²) in [5.41, 5.74) is 1.04. The number of rotatable bonds is 4. The standard InChI is InChI=1S/C12H17ClN2/c13-11-5-1-2-6-12(11)14-7-10-15-8-3-4-9-15/h1-2,5-6,14H,3-4,7-10H2. The summed E-state index contributed by atoms with van der Waals surface area (Å²) in [6.07, 6.45) is 2.71. The summed E-state index contributed by atoms with van der Waals surface area (Å²) in [6, 6.07) is 7.89. The Kier molecular flexibility index (Phi) is 3.87. The van der Waals surface area contributed by atoms with Crippen molar-refractivity contribution in [2.24, 2.45) is 0 Å². The summed E-state index contributed by atoms with van der Waals surface area (Å²) in [5, 5.41) is 4.17. The quantitative estimate of drug-likeness (QED) is 0.846. The molecular formula is C12H17ClN2. The largest absolute Gasteiger partial charge is 0.383 e. The summed E-state index contributed by atoms with van der Waals surface area (Å²) < 4.78 is 0. The molecule has 0 atom stereocenters. The summed E-state index contributed by atoms with van der Waals surface area (Å²) in [7, 11) is 0. The van der Waals surface area contributed by atoms with Crippen LogP contribution in [0.1, 0.15) is 12.8 Å². The fourth-order valence-electron chi connectivity index (χ4n) is 1.96. The summed E-state index contributed by atoms with van der Waals surface area (Å²) >= 11 is 6.04. The van der Waals surface area contributed by atoms with Gasteiger partial charge < -0.3 is 10.2 Å². The number of hydrogen-bond acceptors (Lipinski definition) is 2. The van der Waals surface area contributed by atoms with Crippen molar-refractivity contribution < 1.29 is 0 Å². The smallest absolute Gasteiger partial charge is 0.0637 e. The van der Waals surface area contributed by atoms with Crippen LogP contribution in [0.5, 0.6) is 0 Å². The van der Waals surface area contributed by atoms with E-state index in [4.69, 9.17) is 11.6 Å². The first-order valence-electron chi connectivity index (χ1n) is 5.57. The van der Waals surface area contributed by atoms with Gasteiger partial charge in [0.25, 0.3) is 0 Å². The van der Waals surface area contributed by atoms with E-state index in [-0.39, 0.29) is 0 Å². The maximum Gasteiger partial charge on any atom is 0.0637 e. The number of nitrogens with one attached hydrogen (secondary N) is 1. The van der Waals surface area contributed by atoms with Crippen LogP contribution in [0, 0.1) is 0 Å². The van der Waals surface area contributed by atoms with E-state index in [1.54, 1.807) is 0 Å². The molecule has 15 heavy (non-hydrogen) atoms. The van der Waals surface area contributed by atoms with Crippen molar-refractivity contribution in [1.82, 2.24) is 4.90 Å². The van der Waals surface area contributed by atoms with Gasteiger partial charge in [0.05, 0.1) is 10.7 Å². The van der Waals surface area contributed by atoms with Crippen molar-refractivity contribution in [3.63, 3.8) is 0 Å². The third kappa shape index (κ3) is 3.11. The molecular weight excluding hydrogens is 208 g/mol. The van der Waals surface area contributed by atoms with E-state index in [0.717, 1.165) is 23.8 Å². The van der Waals surface area contributed by atoms with Gasteiger partial charge in [0, 0.05) is 13.1 Å². The number of nitrogens with zero attached hydrogens (tertiary/aromatic N) is 1. The van der Waals surface area contributed by atoms with Crippen LogP contribution in [0.25, 0.3) is 0 Å². The minimum Gasteiger partial charge on any atom is -0.383 e. The molecule has 2 nitrogen and oxygen atoms in total. The van der Waals surface area contributed by atoms with Gasteiger partial charge in [-0.3, -0.25) is 0 Å². The first kappa shape index (κ1) is 10.8. The highest BCUT2D eigenvalue weighted by molar-refractivity contribution is 6.33. The zero-order valence-electron chi connectivity index (χ0n) is 8.88. The maximum absolute atomic E-state index is 6.04. The Balaban J connectivity index is 1.75. The van der Waals surface area contributed by atoms with Crippen LogP contribution in [0.3, 0.4) is 0 Å².